The number of aromatic nitrogens is 2. The third kappa shape index (κ3) is 4.96. The summed E-state index contributed by atoms with van der Waals surface area (Å²) in [4.78, 5) is 32.4. The van der Waals surface area contributed by atoms with Crippen LogP contribution in [-0.2, 0) is 4.79 Å². The van der Waals surface area contributed by atoms with Crippen LogP contribution in [0.1, 0.15) is 12.5 Å². The van der Waals surface area contributed by atoms with Crippen LogP contribution in [0.2, 0.25) is 0 Å². The van der Waals surface area contributed by atoms with E-state index in [2.05, 4.69) is 10.3 Å². The molecule has 2 heterocycles. The van der Waals surface area contributed by atoms with E-state index in [4.69, 9.17) is 9.72 Å². The van der Waals surface area contributed by atoms with Crippen LogP contribution in [0.4, 0.5) is 10.8 Å². The van der Waals surface area contributed by atoms with Gasteiger partial charge in [0.05, 0.1) is 28.0 Å². The Kier molecular flexibility index (Phi) is 6.57. The van der Waals surface area contributed by atoms with Crippen molar-refractivity contribution in [1.29, 1.82) is 0 Å². The Morgan fingerprint density at radius 2 is 2.00 bits per heavy atom. The number of pyridine rings is 1. The van der Waals surface area contributed by atoms with E-state index in [1.54, 1.807) is 31.5 Å². The molecule has 1 N–H and O–H groups in total. The number of nitrogens with one attached hydrogen (secondary N) is 1. The molecule has 0 saturated heterocycles. The summed E-state index contributed by atoms with van der Waals surface area (Å²) >= 11 is 2.62. The predicted molar refractivity (Wildman–Crippen MR) is 131 cm³/mol. The third-order valence-corrected chi connectivity index (χ3v) is 6.74. The number of para-hydroxylation sites is 1. The van der Waals surface area contributed by atoms with E-state index < -0.39 is 10.2 Å². The summed E-state index contributed by atoms with van der Waals surface area (Å²) < 4.78 is 5.43. The maximum Gasteiger partial charge on any atom is 0.270 e. The number of rotatable bonds is 7. The average Bonchev–Trinajstić information content (AvgIpc) is 3.27. The molecule has 0 aliphatic heterocycles. The molecule has 0 aliphatic carbocycles. The molecular formula is C23H20N4O4S2. The van der Waals surface area contributed by atoms with Gasteiger partial charge in [-0.1, -0.05) is 36.0 Å². The molecule has 2 aromatic carbocycles. The summed E-state index contributed by atoms with van der Waals surface area (Å²) in [6, 6.07) is 14.0. The summed E-state index contributed by atoms with van der Waals surface area (Å²) in [5.74, 6) is 0.478. The Hall–Kier alpha value is -3.50. The Morgan fingerprint density at radius 3 is 2.76 bits per heavy atom. The van der Waals surface area contributed by atoms with Crippen molar-refractivity contribution in [2.75, 3.05) is 12.4 Å². The molecule has 1 amide bonds. The first kappa shape index (κ1) is 22.7. The van der Waals surface area contributed by atoms with Gasteiger partial charge in [0.1, 0.15) is 11.3 Å². The van der Waals surface area contributed by atoms with E-state index in [1.807, 2.05) is 31.2 Å². The van der Waals surface area contributed by atoms with Crippen molar-refractivity contribution in [3.63, 3.8) is 0 Å². The lowest BCUT2D eigenvalue weighted by atomic mass is 10.1. The SMILES string of the molecule is COc1cccc2c(C)cc(SC(C)C(=O)Nc3nc(-c4cccc([N+](=O)[O-])c4)cs3)nc12. The zero-order chi connectivity index (χ0) is 23.5. The third-order valence-electron chi connectivity index (χ3n) is 4.96. The Balaban J connectivity index is 1.48. The molecule has 4 aromatic rings. The van der Waals surface area contributed by atoms with Crippen LogP contribution in [0.25, 0.3) is 22.2 Å². The number of hydrogen-bond acceptors (Lipinski definition) is 8. The summed E-state index contributed by atoms with van der Waals surface area (Å²) in [7, 11) is 1.61. The first-order valence-corrected chi connectivity index (χ1v) is 11.7. The fourth-order valence-electron chi connectivity index (χ4n) is 3.27. The van der Waals surface area contributed by atoms with E-state index in [1.165, 1.54) is 35.2 Å². The molecule has 1 atom stereocenters. The van der Waals surface area contributed by atoms with Crippen LogP contribution < -0.4 is 10.1 Å². The zero-order valence-electron chi connectivity index (χ0n) is 18.1. The second-order valence-electron chi connectivity index (χ2n) is 7.23. The molecule has 2 aromatic heterocycles. The van der Waals surface area contributed by atoms with Crippen LogP contribution in [-0.4, -0.2) is 33.2 Å². The normalized spacial score (nSPS) is 11.8. The van der Waals surface area contributed by atoms with Crippen molar-refractivity contribution in [3.8, 4) is 17.0 Å². The van der Waals surface area contributed by atoms with Gasteiger partial charge >= 0.3 is 0 Å². The number of nitro benzene ring substituents is 1. The number of thioether (sulfide) groups is 1. The maximum atomic E-state index is 12.8. The minimum absolute atomic E-state index is 0.00841. The van der Waals surface area contributed by atoms with Crippen molar-refractivity contribution in [2.45, 2.75) is 24.1 Å². The van der Waals surface area contributed by atoms with Gasteiger partial charge in [-0.25, -0.2) is 9.97 Å². The second kappa shape index (κ2) is 9.55. The highest BCUT2D eigenvalue weighted by atomic mass is 32.2. The molecule has 10 heteroatoms. The fourth-order valence-corrected chi connectivity index (χ4v) is 4.91. The first-order valence-electron chi connectivity index (χ1n) is 9.98. The number of nitrogens with zero attached hydrogens (tertiary/aromatic N) is 3. The van der Waals surface area contributed by atoms with Gasteiger partial charge in [0.25, 0.3) is 5.69 Å². The molecule has 33 heavy (non-hydrogen) atoms. The Labute approximate surface area is 198 Å². The smallest absolute Gasteiger partial charge is 0.270 e. The number of methoxy groups -OCH3 is 1. The molecule has 8 nitrogen and oxygen atoms in total. The van der Waals surface area contributed by atoms with Crippen molar-refractivity contribution in [2.24, 2.45) is 0 Å². The van der Waals surface area contributed by atoms with Crippen LogP contribution >= 0.6 is 23.1 Å². The molecule has 0 saturated carbocycles. The largest absolute Gasteiger partial charge is 0.494 e. The summed E-state index contributed by atoms with van der Waals surface area (Å²) in [5.41, 5.74) is 2.99. The summed E-state index contributed by atoms with van der Waals surface area (Å²) in [6.07, 6.45) is 0. The zero-order valence-corrected chi connectivity index (χ0v) is 19.7. The molecule has 4 rings (SSSR count). The standard InChI is InChI=1S/C23H20N4O4S2/c1-13-10-20(25-21-17(13)8-5-9-19(21)31-3)33-14(2)22(28)26-23-24-18(12-32-23)15-6-4-7-16(11-15)27(29)30/h4-12,14H,1-3H3,(H,24,26,28). The van der Waals surface area contributed by atoms with Gasteiger partial charge in [0.15, 0.2) is 5.13 Å². The summed E-state index contributed by atoms with van der Waals surface area (Å²) in [6.45, 7) is 3.81. The number of thiazole rings is 1. The van der Waals surface area contributed by atoms with Gasteiger partial charge in [0, 0.05) is 28.5 Å². The van der Waals surface area contributed by atoms with Crippen LogP contribution in [0.5, 0.6) is 5.75 Å². The second-order valence-corrected chi connectivity index (χ2v) is 9.45. The van der Waals surface area contributed by atoms with Crippen LogP contribution in [0, 0.1) is 17.0 Å². The molecule has 0 spiro atoms. The number of anilines is 1. The van der Waals surface area contributed by atoms with Crippen molar-refractivity contribution >= 4 is 50.7 Å². The van der Waals surface area contributed by atoms with Crippen molar-refractivity contribution in [3.05, 3.63) is 69.6 Å². The number of non-ortho nitro benzene ring substituents is 1. The first-order chi connectivity index (χ1) is 15.9. The van der Waals surface area contributed by atoms with E-state index in [9.17, 15) is 14.9 Å². The lowest BCUT2D eigenvalue weighted by Crippen LogP contribution is -2.22. The van der Waals surface area contributed by atoms with Gasteiger partial charge in [-0.15, -0.1) is 11.3 Å². The van der Waals surface area contributed by atoms with Crippen molar-refractivity contribution < 1.29 is 14.5 Å². The van der Waals surface area contributed by atoms with Gasteiger partial charge in [0.2, 0.25) is 5.91 Å². The quantitative estimate of drug-likeness (QED) is 0.205. The molecule has 0 fully saturated rings. The number of carbonyl (C=O) groups excluding carboxylic acids is 1. The minimum Gasteiger partial charge on any atom is -0.494 e. The lowest BCUT2D eigenvalue weighted by Gasteiger charge is -2.13. The van der Waals surface area contributed by atoms with Gasteiger partial charge in [-0.3, -0.25) is 14.9 Å². The van der Waals surface area contributed by atoms with E-state index in [0.717, 1.165) is 21.5 Å². The topological polar surface area (TPSA) is 107 Å². The van der Waals surface area contributed by atoms with E-state index >= 15 is 0 Å². The molecule has 1 unspecified atom stereocenters. The highest BCUT2D eigenvalue weighted by Gasteiger charge is 2.19. The number of nitro groups is 1. The summed E-state index contributed by atoms with van der Waals surface area (Å²) in [5, 5.41) is 17.3. The number of carbonyl (C=O) groups is 1. The number of amides is 1. The number of hydrogen-bond donors (Lipinski definition) is 1. The Morgan fingerprint density at radius 1 is 1.21 bits per heavy atom. The predicted octanol–water partition coefficient (Wildman–Crippen LogP) is 5.70. The fraction of sp³-hybridized carbons (Fsp3) is 0.174. The molecule has 168 valence electrons. The molecule has 0 radical (unpaired) electrons. The van der Waals surface area contributed by atoms with E-state index in [0.29, 0.717) is 22.1 Å². The van der Waals surface area contributed by atoms with Gasteiger partial charge in [-0.05, 0) is 31.5 Å². The monoisotopic (exact) mass is 480 g/mol. The lowest BCUT2D eigenvalue weighted by molar-refractivity contribution is -0.384. The maximum absolute atomic E-state index is 12.8. The number of fused-ring (bicyclic) bond motifs is 1. The van der Waals surface area contributed by atoms with Crippen molar-refractivity contribution in [1.82, 2.24) is 9.97 Å². The number of benzene rings is 2. The highest BCUT2D eigenvalue weighted by Crippen LogP contribution is 2.32. The number of aryl methyl sites for hydroxylation is 1. The Bertz CT molecular complexity index is 1360. The van der Waals surface area contributed by atoms with Crippen LogP contribution in [0.3, 0.4) is 0 Å². The van der Waals surface area contributed by atoms with Crippen LogP contribution in [0.15, 0.2) is 58.9 Å². The minimum atomic E-state index is -0.449. The molecule has 0 aliphatic rings. The number of ether oxygens (including phenoxy) is 1. The average molecular weight is 481 g/mol. The van der Waals surface area contributed by atoms with Gasteiger partial charge < -0.3 is 10.1 Å². The molecular weight excluding hydrogens is 460 g/mol. The highest BCUT2D eigenvalue weighted by molar-refractivity contribution is 8.00. The molecule has 0 bridgehead atoms. The van der Waals surface area contributed by atoms with E-state index in [-0.39, 0.29) is 11.6 Å². The van der Waals surface area contributed by atoms with Gasteiger partial charge in [-0.2, -0.15) is 0 Å².